The summed E-state index contributed by atoms with van der Waals surface area (Å²) in [4.78, 5) is 34.9. The molecular weight excluding hydrogens is 396 g/mol. The summed E-state index contributed by atoms with van der Waals surface area (Å²) < 4.78 is 8.56. The van der Waals surface area contributed by atoms with Gasteiger partial charge in [-0.1, -0.05) is 6.07 Å². The van der Waals surface area contributed by atoms with Crippen molar-refractivity contribution < 1.29 is 9.53 Å². The van der Waals surface area contributed by atoms with E-state index in [0.29, 0.717) is 54.5 Å². The van der Waals surface area contributed by atoms with Gasteiger partial charge in [-0.2, -0.15) is 5.10 Å². The fraction of sp³-hybridized carbons (Fsp3) is 0.455. The summed E-state index contributed by atoms with van der Waals surface area (Å²) in [6, 6.07) is 7.15. The molecule has 4 rings (SSSR count). The molecule has 9 heteroatoms. The summed E-state index contributed by atoms with van der Waals surface area (Å²) in [7, 11) is 3.36. The van der Waals surface area contributed by atoms with Crippen molar-refractivity contribution in [3.8, 4) is 5.75 Å². The maximum absolute atomic E-state index is 13.2. The SMILES string of the molecule is COc1cccc(C(=O)N2CCN(c3nc4c(C)nn(C)c4c(=O)n3C(C)C)CC2)c1. The smallest absolute Gasteiger partial charge is 0.281 e. The van der Waals surface area contributed by atoms with Crippen LogP contribution >= 0.6 is 0 Å². The number of hydrogen-bond acceptors (Lipinski definition) is 6. The van der Waals surface area contributed by atoms with Gasteiger partial charge in [0.2, 0.25) is 5.95 Å². The number of carbonyl (C=O) groups excluding carboxylic acids is 1. The second-order valence-electron chi connectivity index (χ2n) is 8.10. The topological polar surface area (TPSA) is 85.5 Å². The summed E-state index contributed by atoms with van der Waals surface area (Å²) >= 11 is 0. The normalized spacial score (nSPS) is 14.5. The zero-order valence-electron chi connectivity index (χ0n) is 18.6. The van der Waals surface area contributed by atoms with Gasteiger partial charge in [0.1, 0.15) is 11.3 Å². The fourth-order valence-electron chi connectivity index (χ4n) is 4.12. The third-order valence-electron chi connectivity index (χ3n) is 5.72. The number of benzene rings is 1. The summed E-state index contributed by atoms with van der Waals surface area (Å²) in [5, 5.41) is 4.38. The number of fused-ring (bicyclic) bond motifs is 1. The van der Waals surface area contributed by atoms with Crippen LogP contribution < -0.4 is 15.2 Å². The molecule has 0 unspecified atom stereocenters. The molecule has 9 nitrogen and oxygen atoms in total. The molecule has 1 amide bonds. The highest BCUT2D eigenvalue weighted by atomic mass is 16.5. The maximum Gasteiger partial charge on any atom is 0.281 e. The Kier molecular flexibility index (Phi) is 5.43. The van der Waals surface area contributed by atoms with Crippen molar-refractivity contribution in [1.82, 2.24) is 24.2 Å². The molecule has 0 atom stereocenters. The van der Waals surface area contributed by atoms with Crippen LogP contribution in [0.4, 0.5) is 5.95 Å². The zero-order chi connectivity index (χ0) is 22.3. The minimum absolute atomic E-state index is 0.0219. The van der Waals surface area contributed by atoms with Crippen molar-refractivity contribution >= 4 is 22.9 Å². The number of piperazine rings is 1. The Morgan fingerprint density at radius 1 is 1.16 bits per heavy atom. The molecule has 0 bridgehead atoms. The Hall–Kier alpha value is -3.36. The summed E-state index contributed by atoms with van der Waals surface area (Å²) in [6.07, 6.45) is 0. The van der Waals surface area contributed by atoms with Crippen LogP contribution in [-0.2, 0) is 7.05 Å². The lowest BCUT2D eigenvalue weighted by molar-refractivity contribution is 0.0745. The van der Waals surface area contributed by atoms with E-state index in [1.54, 1.807) is 35.5 Å². The fourth-order valence-corrected chi connectivity index (χ4v) is 4.12. The highest BCUT2D eigenvalue weighted by Gasteiger charge is 2.27. The van der Waals surface area contributed by atoms with Crippen molar-refractivity contribution in [3.63, 3.8) is 0 Å². The maximum atomic E-state index is 13.2. The van der Waals surface area contributed by atoms with Gasteiger partial charge in [-0.3, -0.25) is 18.8 Å². The van der Waals surface area contributed by atoms with Gasteiger partial charge in [-0.05, 0) is 39.0 Å². The quantitative estimate of drug-likeness (QED) is 0.637. The van der Waals surface area contributed by atoms with Gasteiger partial charge in [0.15, 0.2) is 5.52 Å². The van der Waals surface area contributed by atoms with E-state index in [1.165, 1.54) is 0 Å². The van der Waals surface area contributed by atoms with Crippen LogP contribution in [0.15, 0.2) is 29.1 Å². The monoisotopic (exact) mass is 424 g/mol. The molecule has 1 aliphatic heterocycles. The first-order valence-corrected chi connectivity index (χ1v) is 10.5. The van der Waals surface area contributed by atoms with E-state index >= 15 is 0 Å². The van der Waals surface area contributed by atoms with Crippen LogP contribution in [0.5, 0.6) is 5.75 Å². The number of hydrogen-bond donors (Lipinski definition) is 0. The predicted molar refractivity (Wildman–Crippen MR) is 119 cm³/mol. The molecule has 3 heterocycles. The van der Waals surface area contributed by atoms with Crippen LogP contribution in [0.3, 0.4) is 0 Å². The molecular formula is C22H28N6O3. The molecule has 0 radical (unpaired) electrons. The standard InChI is InChI=1S/C22H28N6O3/c1-14(2)28-21(30)19-18(15(3)24-25(19)4)23-22(28)27-11-9-26(10-12-27)20(29)16-7-6-8-17(13-16)31-5/h6-8,13-14H,9-12H2,1-5H3. The summed E-state index contributed by atoms with van der Waals surface area (Å²) in [6.45, 7) is 8.11. The van der Waals surface area contributed by atoms with E-state index in [-0.39, 0.29) is 17.5 Å². The van der Waals surface area contributed by atoms with E-state index in [1.807, 2.05) is 37.8 Å². The number of aryl methyl sites for hydroxylation is 2. The van der Waals surface area contributed by atoms with Crippen LogP contribution in [0.1, 0.15) is 35.9 Å². The van der Waals surface area contributed by atoms with Crippen LogP contribution in [0.25, 0.3) is 11.0 Å². The molecule has 1 fully saturated rings. The summed E-state index contributed by atoms with van der Waals surface area (Å²) in [5.41, 5.74) is 2.40. The molecule has 1 saturated heterocycles. The number of amides is 1. The second-order valence-corrected chi connectivity index (χ2v) is 8.10. The molecule has 1 aliphatic rings. The first-order valence-electron chi connectivity index (χ1n) is 10.5. The number of nitrogens with zero attached hydrogens (tertiary/aromatic N) is 6. The predicted octanol–water partition coefficient (Wildman–Crippen LogP) is 1.99. The van der Waals surface area contributed by atoms with Crippen molar-refractivity contribution in [2.24, 2.45) is 7.05 Å². The number of aromatic nitrogens is 4. The van der Waals surface area contributed by atoms with Crippen LogP contribution in [0.2, 0.25) is 0 Å². The number of anilines is 1. The van der Waals surface area contributed by atoms with Gasteiger partial charge >= 0.3 is 0 Å². The first kappa shape index (κ1) is 20.9. The average Bonchev–Trinajstić information content (AvgIpc) is 3.06. The molecule has 0 N–H and O–H groups in total. The van der Waals surface area contributed by atoms with Crippen molar-refractivity contribution in [2.75, 3.05) is 38.2 Å². The van der Waals surface area contributed by atoms with Gasteiger partial charge in [0, 0.05) is 44.8 Å². The summed E-state index contributed by atoms with van der Waals surface area (Å²) in [5.74, 6) is 1.28. The first-order chi connectivity index (χ1) is 14.8. The average molecular weight is 425 g/mol. The highest BCUT2D eigenvalue weighted by Crippen LogP contribution is 2.22. The molecule has 164 valence electrons. The van der Waals surface area contributed by atoms with Crippen LogP contribution in [-0.4, -0.2) is 63.4 Å². The molecule has 1 aromatic carbocycles. The van der Waals surface area contributed by atoms with E-state index in [0.717, 1.165) is 5.69 Å². The highest BCUT2D eigenvalue weighted by molar-refractivity contribution is 5.94. The van der Waals surface area contributed by atoms with E-state index < -0.39 is 0 Å². The van der Waals surface area contributed by atoms with E-state index in [2.05, 4.69) is 10.00 Å². The van der Waals surface area contributed by atoms with Gasteiger partial charge < -0.3 is 14.5 Å². The minimum atomic E-state index is -0.0898. The third kappa shape index (κ3) is 3.64. The van der Waals surface area contributed by atoms with Crippen molar-refractivity contribution in [1.29, 1.82) is 0 Å². The number of rotatable bonds is 4. The van der Waals surface area contributed by atoms with E-state index in [9.17, 15) is 9.59 Å². The van der Waals surface area contributed by atoms with Gasteiger partial charge in [0.25, 0.3) is 11.5 Å². The molecule has 0 saturated carbocycles. The Balaban J connectivity index is 1.61. The molecule has 2 aromatic heterocycles. The van der Waals surface area contributed by atoms with Crippen molar-refractivity contribution in [2.45, 2.75) is 26.8 Å². The lowest BCUT2D eigenvalue weighted by atomic mass is 10.1. The Morgan fingerprint density at radius 2 is 1.87 bits per heavy atom. The zero-order valence-corrected chi connectivity index (χ0v) is 18.6. The molecule has 0 aliphatic carbocycles. The van der Waals surface area contributed by atoms with Gasteiger partial charge in [0.05, 0.1) is 12.8 Å². The second kappa shape index (κ2) is 8.05. The lowest BCUT2D eigenvalue weighted by Gasteiger charge is -2.36. The van der Waals surface area contributed by atoms with Gasteiger partial charge in [-0.15, -0.1) is 0 Å². The number of methoxy groups -OCH3 is 1. The lowest BCUT2D eigenvalue weighted by Crippen LogP contribution is -2.50. The Bertz CT molecular complexity index is 1190. The minimum Gasteiger partial charge on any atom is -0.497 e. The number of ether oxygens (including phenoxy) is 1. The Labute approximate surface area is 180 Å². The van der Waals surface area contributed by atoms with Crippen molar-refractivity contribution in [3.05, 3.63) is 45.9 Å². The largest absolute Gasteiger partial charge is 0.497 e. The Morgan fingerprint density at radius 3 is 2.52 bits per heavy atom. The molecule has 31 heavy (non-hydrogen) atoms. The van der Waals surface area contributed by atoms with Crippen LogP contribution in [0, 0.1) is 6.92 Å². The molecule has 0 spiro atoms. The molecule has 3 aromatic rings. The van der Waals surface area contributed by atoms with E-state index in [4.69, 9.17) is 9.72 Å². The van der Waals surface area contributed by atoms with Gasteiger partial charge in [-0.25, -0.2) is 4.98 Å². The third-order valence-corrected chi connectivity index (χ3v) is 5.72. The number of carbonyl (C=O) groups is 1.